The summed E-state index contributed by atoms with van der Waals surface area (Å²) in [6, 6.07) is 5.20. The van der Waals surface area contributed by atoms with Crippen molar-refractivity contribution >= 4 is 29.4 Å². The van der Waals surface area contributed by atoms with Gasteiger partial charge in [-0.15, -0.1) is 0 Å². The fourth-order valence-electron chi connectivity index (χ4n) is 3.30. The number of nitrogens with two attached hydrogens (primary N) is 1. The number of nitrogens with one attached hydrogen (secondary N) is 5. The zero-order valence-corrected chi connectivity index (χ0v) is 22.7. The first-order valence-corrected chi connectivity index (χ1v) is 12.4. The van der Waals surface area contributed by atoms with E-state index in [9.17, 15) is 19.2 Å². The van der Waals surface area contributed by atoms with E-state index in [1.165, 1.54) is 0 Å². The Morgan fingerprint density at radius 1 is 0.889 bits per heavy atom. The number of hydrogen-bond donors (Lipinski definition) is 6. The molecule has 0 aliphatic rings. The van der Waals surface area contributed by atoms with E-state index in [-0.39, 0.29) is 42.2 Å². The second-order valence-corrected chi connectivity index (χ2v) is 11.0. The molecule has 0 unspecified atom stereocenters. The lowest BCUT2D eigenvalue weighted by atomic mass is 9.87. The molecule has 0 bridgehead atoms. The Kier molecular flexibility index (Phi) is 11.9. The van der Waals surface area contributed by atoms with Crippen LogP contribution in [0.25, 0.3) is 0 Å². The summed E-state index contributed by atoms with van der Waals surface area (Å²) in [5, 5.41) is 13.9. The SMILES string of the molecule is C[C@H](NC(=O)CCNC(C)(C)C)C(=O)N[C@@H](CCCNC(N)=O)C(=O)Nc1ccc(C(C)(C)C)cc1. The molecule has 0 aromatic heterocycles. The van der Waals surface area contributed by atoms with Crippen LogP contribution >= 0.6 is 0 Å². The largest absolute Gasteiger partial charge is 0.352 e. The van der Waals surface area contributed by atoms with Gasteiger partial charge < -0.3 is 32.3 Å². The highest BCUT2D eigenvalue weighted by molar-refractivity contribution is 5.98. The fourth-order valence-corrected chi connectivity index (χ4v) is 3.30. The molecular formula is C26H44N6O4. The summed E-state index contributed by atoms with van der Waals surface area (Å²) >= 11 is 0. The van der Waals surface area contributed by atoms with Gasteiger partial charge in [0.05, 0.1) is 0 Å². The molecule has 0 heterocycles. The first-order valence-electron chi connectivity index (χ1n) is 12.4. The number of primary amides is 1. The van der Waals surface area contributed by atoms with Crippen molar-refractivity contribution in [3.63, 3.8) is 0 Å². The Balaban J connectivity index is 2.77. The molecule has 0 saturated carbocycles. The lowest BCUT2D eigenvalue weighted by Crippen LogP contribution is -2.52. The van der Waals surface area contributed by atoms with Crippen LogP contribution < -0.4 is 32.3 Å². The lowest BCUT2D eigenvalue weighted by Gasteiger charge is -2.23. The molecule has 1 rings (SSSR count). The second-order valence-electron chi connectivity index (χ2n) is 11.0. The van der Waals surface area contributed by atoms with E-state index in [0.717, 1.165) is 5.56 Å². The maximum absolute atomic E-state index is 13.0. The standard InChI is InChI=1S/C26H44N6O4/c1-17(30-21(33)14-16-29-26(5,6)7)22(34)32-20(9-8-15-28-24(27)36)23(35)31-19-12-10-18(11-13-19)25(2,3)4/h10-13,17,20,29H,8-9,14-16H2,1-7H3,(H,30,33)(H,31,35)(H,32,34)(H3,27,28,36)/t17-,20-/m0/s1. The van der Waals surface area contributed by atoms with E-state index in [1.807, 2.05) is 45.0 Å². The second kappa shape index (κ2) is 13.8. The lowest BCUT2D eigenvalue weighted by molar-refractivity contribution is -0.130. The van der Waals surface area contributed by atoms with Gasteiger partial charge in [0, 0.05) is 30.7 Å². The molecule has 0 fully saturated rings. The number of carbonyl (C=O) groups excluding carboxylic acids is 4. The molecular weight excluding hydrogens is 460 g/mol. The Morgan fingerprint density at radius 2 is 1.50 bits per heavy atom. The highest BCUT2D eigenvalue weighted by Gasteiger charge is 2.24. The van der Waals surface area contributed by atoms with Crippen LogP contribution in [0.4, 0.5) is 10.5 Å². The van der Waals surface area contributed by atoms with Gasteiger partial charge in [-0.05, 0) is 63.6 Å². The smallest absolute Gasteiger partial charge is 0.312 e. The molecule has 0 aliphatic carbocycles. The predicted molar refractivity (Wildman–Crippen MR) is 142 cm³/mol. The maximum atomic E-state index is 13.0. The minimum absolute atomic E-state index is 0.0180. The normalized spacial score (nSPS) is 13.3. The monoisotopic (exact) mass is 504 g/mol. The number of hydrogen-bond acceptors (Lipinski definition) is 5. The molecule has 10 nitrogen and oxygen atoms in total. The minimum atomic E-state index is -0.864. The first-order chi connectivity index (χ1) is 16.6. The van der Waals surface area contributed by atoms with Crippen LogP contribution in [-0.2, 0) is 19.8 Å². The molecule has 0 aliphatic heterocycles. The first kappa shape index (κ1) is 30.9. The third kappa shape index (κ3) is 12.5. The van der Waals surface area contributed by atoms with Gasteiger partial charge in [0.1, 0.15) is 12.1 Å². The van der Waals surface area contributed by atoms with E-state index in [2.05, 4.69) is 47.4 Å². The van der Waals surface area contributed by atoms with Crippen molar-refractivity contribution in [1.82, 2.24) is 21.3 Å². The summed E-state index contributed by atoms with van der Waals surface area (Å²) < 4.78 is 0. The van der Waals surface area contributed by atoms with Gasteiger partial charge in [-0.25, -0.2) is 4.79 Å². The summed E-state index contributed by atoms with van der Waals surface area (Å²) in [4.78, 5) is 48.9. The van der Waals surface area contributed by atoms with E-state index >= 15 is 0 Å². The average Bonchev–Trinajstić information content (AvgIpc) is 2.74. The van der Waals surface area contributed by atoms with Gasteiger partial charge in [0.25, 0.3) is 0 Å². The van der Waals surface area contributed by atoms with E-state index in [0.29, 0.717) is 18.7 Å². The van der Waals surface area contributed by atoms with Crippen LogP contribution in [0.1, 0.15) is 73.3 Å². The number of amides is 5. The van der Waals surface area contributed by atoms with Gasteiger partial charge >= 0.3 is 6.03 Å². The summed E-state index contributed by atoms with van der Waals surface area (Å²) in [5.41, 5.74) is 6.70. The Labute approximate surface area is 214 Å². The molecule has 1 aromatic carbocycles. The van der Waals surface area contributed by atoms with Crippen LogP contribution in [-0.4, -0.2) is 54.5 Å². The molecule has 0 radical (unpaired) electrons. The van der Waals surface area contributed by atoms with Crippen LogP contribution in [0.5, 0.6) is 0 Å². The molecule has 1 aromatic rings. The van der Waals surface area contributed by atoms with Gasteiger partial charge in [-0.3, -0.25) is 14.4 Å². The zero-order chi connectivity index (χ0) is 27.5. The van der Waals surface area contributed by atoms with Crippen molar-refractivity contribution in [3.8, 4) is 0 Å². The summed E-state index contributed by atoms with van der Waals surface area (Å²) in [5.74, 6) is -1.13. The number of carbonyl (C=O) groups is 4. The summed E-state index contributed by atoms with van der Waals surface area (Å²) in [6.45, 7) is 14.6. The van der Waals surface area contributed by atoms with Crippen molar-refractivity contribution in [3.05, 3.63) is 29.8 Å². The van der Waals surface area contributed by atoms with Gasteiger partial charge in [-0.2, -0.15) is 0 Å². The number of anilines is 1. The molecule has 10 heteroatoms. The molecule has 202 valence electrons. The number of urea groups is 1. The molecule has 0 spiro atoms. The van der Waals surface area contributed by atoms with Crippen molar-refractivity contribution in [2.24, 2.45) is 5.73 Å². The third-order valence-corrected chi connectivity index (χ3v) is 5.40. The summed E-state index contributed by atoms with van der Waals surface area (Å²) in [6.07, 6.45) is 0.916. The molecule has 0 saturated heterocycles. The van der Waals surface area contributed by atoms with Gasteiger partial charge in [0.2, 0.25) is 17.7 Å². The number of rotatable bonds is 12. The third-order valence-electron chi connectivity index (χ3n) is 5.40. The highest BCUT2D eigenvalue weighted by atomic mass is 16.2. The zero-order valence-electron chi connectivity index (χ0n) is 22.7. The maximum Gasteiger partial charge on any atom is 0.312 e. The van der Waals surface area contributed by atoms with Crippen molar-refractivity contribution in [2.45, 2.75) is 90.8 Å². The van der Waals surface area contributed by atoms with Crippen LogP contribution in [0.3, 0.4) is 0 Å². The minimum Gasteiger partial charge on any atom is -0.352 e. The van der Waals surface area contributed by atoms with Gasteiger partial charge in [-0.1, -0.05) is 32.9 Å². The van der Waals surface area contributed by atoms with Crippen molar-refractivity contribution in [2.75, 3.05) is 18.4 Å². The predicted octanol–water partition coefficient (Wildman–Crippen LogP) is 2.14. The van der Waals surface area contributed by atoms with Gasteiger partial charge in [0.15, 0.2) is 0 Å². The van der Waals surface area contributed by atoms with E-state index in [1.54, 1.807) is 6.92 Å². The molecule has 7 N–H and O–H groups in total. The van der Waals surface area contributed by atoms with Crippen LogP contribution in [0.2, 0.25) is 0 Å². The van der Waals surface area contributed by atoms with Crippen LogP contribution in [0.15, 0.2) is 24.3 Å². The Bertz CT molecular complexity index is 887. The quantitative estimate of drug-likeness (QED) is 0.241. The van der Waals surface area contributed by atoms with E-state index < -0.39 is 24.0 Å². The topological polar surface area (TPSA) is 154 Å². The fraction of sp³-hybridized carbons (Fsp3) is 0.615. The molecule has 5 amide bonds. The molecule has 2 atom stereocenters. The van der Waals surface area contributed by atoms with Crippen molar-refractivity contribution in [1.29, 1.82) is 0 Å². The van der Waals surface area contributed by atoms with Crippen LogP contribution in [0, 0.1) is 0 Å². The Morgan fingerprint density at radius 3 is 2.03 bits per heavy atom. The van der Waals surface area contributed by atoms with E-state index in [4.69, 9.17) is 5.73 Å². The highest BCUT2D eigenvalue weighted by Crippen LogP contribution is 2.23. The van der Waals surface area contributed by atoms with Crippen molar-refractivity contribution < 1.29 is 19.2 Å². The number of benzene rings is 1. The molecule has 36 heavy (non-hydrogen) atoms. The Hall–Kier alpha value is -3.14. The summed E-state index contributed by atoms with van der Waals surface area (Å²) in [7, 11) is 0. The average molecular weight is 505 g/mol.